The van der Waals surface area contributed by atoms with Crippen molar-refractivity contribution in [3.8, 4) is 5.75 Å². The Labute approximate surface area is 182 Å². The van der Waals surface area contributed by atoms with Gasteiger partial charge in [-0.15, -0.1) is 0 Å². The lowest BCUT2D eigenvalue weighted by Crippen LogP contribution is -2.43. The highest BCUT2D eigenvalue weighted by molar-refractivity contribution is 5.93. The predicted molar refractivity (Wildman–Crippen MR) is 124 cm³/mol. The summed E-state index contributed by atoms with van der Waals surface area (Å²) in [5.41, 5.74) is 4.22. The Morgan fingerprint density at radius 2 is 2.03 bits per heavy atom. The Hall–Kier alpha value is -2.90. The third kappa shape index (κ3) is 4.57. The van der Waals surface area contributed by atoms with Crippen LogP contribution in [0.25, 0.3) is 10.9 Å². The summed E-state index contributed by atoms with van der Waals surface area (Å²) in [7, 11) is 0. The minimum Gasteiger partial charge on any atom is -0.488 e. The highest BCUT2D eigenvalue weighted by Crippen LogP contribution is 2.30. The molecule has 0 unspecified atom stereocenters. The molecule has 0 spiro atoms. The fourth-order valence-corrected chi connectivity index (χ4v) is 4.24. The van der Waals surface area contributed by atoms with E-state index in [0.717, 1.165) is 79.3 Å². The van der Waals surface area contributed by atoms with E-state index in [1.165, 1.54) is 5.69 Å². The number of hydrogen-bond acceptors (Lipinski definition) is 7. The van der Waals surface area contributed by atoms with E-state index in [1.54, 1.807) is 6.33 Å². The SMILES string of the molecule is Cc1cc(Nc2ncnc3ccc(N4CCNCC4)cc23)ccc1O[C@@H]1CCCOC1. The predicted octanol–water partition coefficient (Wildman–Crippen LogP) is 3.65. The summed E-state index contributed by atoms with van der Waals surface area (Å²) in [5, 5.41) is 7.92. The van der Waals surface area contributed by atoms with Gasteiger partial charge in [0, 0.05) is 49.5 Å². The molecular weight excluding hydrogens is 390 g/mol. The normalized spacial score (nSPS) is 19.4. The molecule has 2 fully saturated rings. The standard InChI is InChI=1S/C24H29N5O2/c1-17-13-18(4-7-23(17)31-20-3-2-12-30-15-20)28-24-21-14-19(29-10-8-25-9-11-29)5-6-22(21)26-16-27-24/h4-7,13-14,16,20,25H,2-3,8-12,15H2,1H3,(H,26,27,28)/t20-/m1/s1. The van der Waals surface area contributed by atoms with E-state index in [1.807, 2.05) is 12.1 Å². The molecule has 2 aliphatic heterocycles. The summed E-state index contributed by atoms with van der Waals surface area (Å²) >= 11 is 0. The number of nitrogens with zero attached hydrogens (tertiary/aromatic N) is 3. The van der Waals surface area contributed by atoms with Gasteiger partial charge in [0.2, 0.25) is 0 Å². The number of benzene rings is 2. The third-order valence-corrected chi connectivity index (χ3v) is 5.95. The number of anilines is 3. The zero-order chi connectivity index (χ0) is 21.0. The summed E-state index contributed by atoms with van der Waals surface area (Å²) in [4.78, 5) is 11.4. The number of hydrogen-bond donors (Lipinski definition) is 2. The van der Waals surface area contributed by atoms with E-state index in [0.29, 0.717) is 6.61 Å². The van der Waals surface area contributed by atoms with Gasteiger partial charge in [-0.1, -0.05) is 0 Å². The average molecular weight is 420 g/mol. The van der Waals surface area contributed by atoms with Crippen molar-refractivity contribution in [2.75, 3.05) is 49.6 Å². The maximum absolute atomic E-state index is 6.16. The monoisotopic (exact) mass is 419 g/mol. The van der Waals surface area contributed by atoms with Crippen LogP contribution in [0, 0.1) is 6.92 Å². The number of ether oxygens (including phenoxy) is 2. The number of aryl methyl sites for hydroxylation is 1. The molecule has 0 radical (unpaired) electrons. The molecule has 2 aromatic carbocycles. The first-order chi connectivity index (χ1) is 15.3. The first-order valence-corrected chi connectivity index (χ1v) is 11.1. The second-order valence-corrected chi connectivity index (χ2v) is 8.22. The molecule has 1 aromatic heterocycles. The van der Waals surface area contributed by atoms with Crippen LogP contribution in [0.1, 0.15) is 18.4 Å². The molecule has 3 heterocycles. The van der Waals surface area contributed by atoms with Gasteiger partial charge < -0.3 is 25.0 Å². The summed E-state index contributed by atoms with van der Waals surface area (Å²) in [6, 6.07) is 12.6. The van der Waals surface area contributed by atoms with Gasteiger partial charge in [0.15, 0.2) is 0 Å². The van der Waals surface area contributed by atoms with Crippen LogP contribution in [0.4, 0.5) is 17.2 Å². The molecule has 0 bridgehead atoms. The first-order valence-electron chi connectivity index (χ1n) is 11.1. The minimum atomic E-state index is 0.139. The molecule has 2 saturated heterocycles. The van der Waals surface area contributed by atoms with Crippen molar-refractivity contribution in [2.24, 2.45) is 0 Å². The first kappa shape index (κ1) is 20.0. The Bertz CT molecular complexity index is 1050. The van der Waals surface area contributed by atoms with Crippen LogP contribution in [-0.2, 0) is 4.74 Å². The molecule has 3 aromatic rings. The van der Waals surface area contributed by atoms with E-state index in [-0.39, 0.29) is 6.10 Å². The number of rotatable bonds is 5. The summed E-state index contributed by atoms with van der Waals surface area (Å²) in [6.07, 6.45) is 3.85. The molecule has 2 aliphatic rings. The van der Waals surface area contributed by atoms with E-state index >= 15 is 0 Å². The van der Waals surface area contributed by atoms with Crippen LogP contribution >= 0.6 is 0 Å². The molecule has 1 atom stereocenters. The Morgan fingerprint density at radius 3 is 2.84 bits per heavy atom. The van der Waals surface area contributed by atoms with Crippen molar-refractivity contribution in [1.29, 1.82) is 0 Å². The molecule has 0 saturated carbocycles. The number of nitrogens with one attached hydrogen (secondary N) is 2. The fourth-order valence-electron chi connectivity index (χ4n) is 4.24. The second-order valence-electron chi connectivity index (χ2n) is 8.22. The number of piperazine rings is 1. The lowest BCUT2D eigenvalue weighted by atomic mass is 10.1. The van der Waals surface area contributed by atoms with Crippen LogP contribution in [0.5, 0.6) is 5.75 Å². The van der Waals surface area contributed by atoms with Crippen LogP contribution in [0.15, 0.2) is 42.7 Å². The van der Waals surface area contributed by atoms with Crippen LogP contribution < -0.4 is 20.3 Å². The maximum Gasteiger partial charge on any atom is 0.141 e. The Balaban J connectivity index is 1.37. The van der Waals surface area contributed by atoms with Gasteiger partial charge >= 0.3 is 0 Å². The third-order valence-electron chi connectivity index (χ3n) is 5.95. The van der Waals surface area contributed by atoms with Crippen molar-refractivity contribution in [1.82, 2.24) is 15.3 Å². The van der Waals surface area contributed by atoms with Gasteiger partial charge in [-0.2, -0.15) is 0 Å². The van der Waals surface area contributed by atoms with Crippen molar-refractivity contribution in [3.05, 3.63) is 48.3 Å². The number of aromatic nitrogens is 2. The van der Waals surface area contributed by atoms with Crippen molar-refractivity contribution in [2.45, 2.75) is 25.9 Å². The summed E-state index contributed by atoms with van der Waals surface area (Å²) in [6.45, 7) is 7.62. The van der Waals surface area contributed by atoms with Crippen molar-refractivity contribution < 1.29 is 9.47 Å². The molecule has 5 rings (SSSR count). The lowest BCUT2D eigenvalue weighted by Gasteiger charge is -2.29. The van der Waals surface area contributed by atoms with Crippen molar-refractivity contribution in [3.63, 3.8) is 0 Å². The van der Waals surface area contributed by atoms with Gasteiger partial charge in [-0.05, 0) is 61.7 Å². The zero-order valence-corrected chi connectivity index (χ0v) is 17.9. The summed E-state index contributed by atoms with van der Waals surface area (Å²) < 4.78 is 11.7. The summed E-state index contributed by atoms with van der Waals surface area (Å²) in [5.74, 6) is 1.73. The molecule has 2 N–H and O–H groups in total. The fraction of sp³-hybridized carbons (Fsp3) is 0.417. The maximum atomic E-state index is 6.16. The minimum absolute atomic E-state index is 0.139. The van der Waals surface area contributed by atoms with Gasteiger partial charge in [0.25, 0.3) is 0 Å². The molecule has 31 heavy (non-hydrogen) atoms. The van der Waals surface area contributed by atoms with E-state index < -0.39 is 0 Å². The van der Waals surface area contributed by atoms with E-state index in [9.17, 15) is 0 Å². The number of fused-ring (bicyclic) bond motifs is 1. The molecule has 162 valence electrons. The van der Waals surface area contributed by atoms with Gasteiger partial charge in [-0.3, -0.25) is 0 Å². The van der Waals surface area contributed by atoms with Crippen LogP contribution in [0.3, 0.4) is 0 Å². The van der Waals surface area contributed by atoms with Gasteiger partial charge in [0.05, 0.1) is 12.1 Å². The smallest absolute Gasteiger partial charge is 0.141 e. The van der Waals surface area contributed by atoms with Crippen LogP contribution in [-0.4, -0.2) is 55.5 Å². The topological polar surface area (TPSA) is 71.5 Å². The lowest BCUT2D eigenvalue weighted by molar-refractivity contribution is 0.00716. The molecule has 0 amide bonds. The van der Waals surface area contributed by atoms with Gasteiger partial charge in [-0.25, -0.2) is 9.97 Å². The molecular formula is C24H29N5O2. The van der Waals surface area contributed by atoms with Gasteiger partial charge in [0.1, 0.15) is 24.0 Å². The largest absolute Gasteiger partial charge is 0.488 e. The quantitative estimate of drug-likeness (QED) is 0.654. The molecule has 7 nitrogen and oxygen atoms in total. The average Bonchev–Trinajstić information content (AvgIpc) is 2.82. The zero-order valence-electron chi connectivity index (χ0n) is 17.9. The van der Waals surface area contributed by atoms with E-state index in [4.69, 9.17) is 9.47 Å². The highest BCUT2D eigenvalue weighted by Gasteiger charge is 2.17. The van der Waals surface area contributed by atoms with Crippen LogP contribution in [0.2, 0.25) is 0 Å². The van der Waals surface area contributed by atoms with Crippen molar-refractivity contribution >= 4 is 28.1 Å². The highest BCUT2D eigenvalue weighted by atomic mass is 16.5. The molecule has 0 aliphatic carbocycles. The Kier molecular flexibility index (Phi) is 5.86. The van der Waals surface area contributed by atoms with E-state index in [2.05, 4.69) is 56.7 Å². The second kappa shape index (κ2) is 9.08. The Morgan fingerprint density at radius 1 is 1.13 bits per heavy atom. The molecule has 7 heteroatoms.